The Morgan fingerprint density at radius 2 is 2.00 bits per heavy atom. The van der Waals surface area contributed by atoms with Gasteiger partial charge in [0.15, 0.2) is 0 Å². The highest BCUT2D eigenvalue weighted by Gasteiger charge is 2.20. The van der Waals surface area contributed by atoms with Crippen LogP contribution in [0.1, 0.15) is 5.56 Å². The summed E-state index contributed by atoms with van der Waals surface area (Å²) in [4.78, 5) is 10.4. The van der Waals surface area contributed by atoms with E-state index in [1.807, 2.05) is 6.07 Å². The Morgan fingerprint density at radius 1 is 1.26 bits per heavy atom. The third kappa shape index (κ3) is 3.01. The molecule has 2 aromatic rings. The van der Waals surface area contributed by atoms with Crippen LogP contribution >= 0.6 is 11.6 Å². The highest BCUT2D eigenvalue weighted by Crippen LogP contribution is 2.36. The molecule has 0 unspecified atom stereocenters. The largest absolute Gasteiger partial charge is 0.450 e. The van der Waals surface area contributed by atoms with Crippen molar-refractivity contribution in [3.05, 3.63) is 63.2 Å². The van der Waals surface area contributed by atoms with Gasteiger partial charge in [-0.15, -0.1) is 0 Å². The zero-order valence-corrected chi connectivity index (χ0v) is 10.6. The summed E-state index contributed by atoms with van der Waals surface area (Å²) < 4.78 is 5.51. The van der Waals surface area contributed by atoms with Crippen LogP contribution in [0.4, 0.5) is 5.69 Å². The van der Waals surface area contributed by atoms with E-state index in [2.05, 4.69) is 0 Å². The Kier molecular flexibility index (Phi) is 3.99. The predicted octanol–water partition coefficient (Wildman–Crippen LogP) is 3.50. The highest BCUT2D eigenvalue weighted by atomic mass is 35.5. The summed E-state index contributed by atoms with van der Waals surface area (Å²) in [5.74, 6) is 0.583. The second-order valence-electron chi connectivity index (χ2n) is 3.80. The number of benzene rings is 2. The molecule has 19 heavy (non-hydrogen) atoms. The molecular formula is C13H11ClN2O3. The summed E-state index contributed by atoms with van der Waals surface area (Å²) >= 11 is 5.81. The molecule has 0 aromatic heterocycles. The van der Waals surface area contributed by atoms with E-state index in [0.29, 0.717) is 12.3 Å². The van der Waals surface area contributed by atoms with Gasteiger partial charge in [0.1, 0.15) is 10.8 Å². The summed E-state index contributed by atoms with van der Waals surface area (Å²) in [5, 5.41) is 11.0. The van der Waals surface area contributed by atoms with Crippen LogP contribution < -0.4 is 10.5 Å². The lowest BCUT2D eigenvalue weighted by Crippen LogP contribution is -1.97. The van der Waals surface area contributed by atoms with E-state index >= 15 is 0 Å². The smallest absolute Gasteiger partial charge is 0.329 e. The minimum Gasteiger partial charge on any atom is -0.450 e. The minimum absolute atomic E-state index is 0.0393. The Balaban J connectivity index is 2.38. The molecular weight excluding hydrogens is 268 g/mol. The van der Waals surface area contributed by atoms with E-state index in [0.717, 1.165) is 5.56 Å². The molecule has 0 aliphatic carbocycles. The van der Waals surface area contributed by atoms with E-state index < -0.39 is 4.92 Å². The standard InChI is InChI=1S/C13H11ClN2O3/c14-11-5-2-6-12(13(11)16(17)18)19-10-4-1-3-9(7-10)8-15/h1-7H,8,15H2. The van der Waals surface area contributed by atoms with Crippen LogP contribution in [-0.2, 0) is 6.54 Å². The molecule has 0 amide bonds. The minimum atomic E-state index is -0.565. The number of para-hydroxylation sites is 1. The van der Waals surface area contributed by atoms with E-state index in [4.69, 9.17) is 22.1 Å². The molecule has 0 heterocycles. The van der Waals surface area contributed by atoms with Crippen molar-refractivity contribution < 1.29 is 9.66 Å². The van der Waals surface area contributed by atoms with Crippen LogP contribution in [0.5, 0.6) is 11.5 Å². The van der Waals surface area contributed by atoms with Crippen LogP contribution in [-0.4, -0.2) is 4.92 Å². The van der Waals surface area contributed by atoms with Gasteiger partial charge in [-0.3, -0.25) is 10.1 Å². The van der Waals surface area contributed by atoms with Crippen molar-refractivity contribution in [2.75, 3.05) is 0 Å². The van der Waals surface area contributed by atoms with Gasteiger partial charge in [-0.2, -0.15) is 0 Å². The van der Waals surface area contributed by atoms with Gasteiger partial charge in [-0.25, -0.2) is 0 Å². The third-order valence-corrected chi connectivity index (χ3v) is 2.80. The van der Waals surface area contributed by atoms with Gasteiger partial charge in [0.25, 0.3) is 0 Å². The molecule has 0 radical (unpaired) electrons. The molecule has 0 saturated heterocycles. The van der Waals surface area contributed by atoms with Gasteiger partial charge in [0.2, 0.25) is 5.75 Å². The van der Waals surface area contributed by atoms with Gasteiger partial charge in [0, 0.05) is 6.54 Å². The predicted molar refractivity (Wildman–Crippen MR) is 72.5 cm³/mol. The van der Waals surface area contributed by atoms with Crippen LogP contribution in [0.15, 0.2) is 42.5 Å². The van der Waals surface area contributed by atoms with E-state index in [1.165, 1.54) is 12.1 Å². The first-order valence-corrected chi connectivity index (χ1v) is 5.89. The number of nitrogens with zero attached hydrogens (tertiary/aromatic N) is 1. The average molecular weight is 279 g/mol. The van der Waals surface area contributed by atoms with Crippen molar-refractivity contribution in [3.63, 3.8) is 0 Å². The van der Waals surface area contributed by atoms with Crippen molar-refractivity contribution in [2.45, 2.75) is 6.54 Å². The fourth-order valence-corrected chi connectivity index (χ4v) is 1.85. The molecule has 0 atom stereocenters. The quantitative estimate of drug-likeness (QED) is 0.686. The number of nitro benzene ring substituents is 1. The fourth-order valence-electron chi connectivity index (χ4n) is 1.62. The zero-order chi connectivity index (χ0) is 13.8. The summed E-state index contributed by atoms with van der Waals surface area (Å²) in [6, 6.07) is 11.6. The lowest BCUT2D eigenvalue weighted by atomic mass is 10.2. The average Bonchev–Trinajstić information content (AvgIpc) is 2.38. The van der Waals surface area contributed by atoms with E-state index in [9.17, 15) is 10.1 Å². The van der Waals surface area contributed by atoms with E-state index in [-0.39, 0.29) is 16.5 Å². The van der Waals surface area contributed by atoms with Gasteiger partial charge in [-0.05, 0) is 29.8 Å². The van der Waals surface area contributed by atoms with Crippen LogP contribution in [0.25, 0.3) is 0 Å². The van der Waals surface area contributed by atoms with Gasteiger partial charge < -0.3 is 10.5 Å². The number of rotatable bonds is 4. The number of hydrogen-bond donors (Lipinski definition) is 1. The molecule has 0 spiro atoms. The Bertz CT molecular complexity index is 617. The van der Waals surface area contributed by atoms with Crippen LogP contribution in [0.2, 0.25) is 5.02 Å². The van der Waals surface area contributed by atoms with Gasteiger partial charge in [0.05, 0.1) is 4.92 Å². The van der Waals surface area contributed by atoms with Gasteiger partial charge in [-0.1, -0.05) is 29.8 Å². The van der Waals surface area contributed by atoms with E-state index in [1.54, 1.807) is 24.3 Å². The lowest BCUT2D eigenvalue weighted by molar-refractivity contribution is -0.385. The van der Waals surface area contributed by atoms with Crippen molar-refractivity contribution in [1.29, 1.82) is 0 Å². The maximum atomic E-state index is 11.0. The topological polar surface area (TPSA) is 78.4 Å². The number of ether oxygens (including phenoxy) is 1. The number of hydrogen-bond acceptors (Lipinski definition) is 4. The second kappa shape index (κ2) is 5.69. The Hall–Kier alpha value is -2.11. The van der Waals surface area contributed by atoms with Crippen molar-refractivity contribution in [3.8, 4) is 11.5 Å². The first kappa shape index (κ1) is 13.3. The van der Waals surface area contributed by atoms with Crippen molar-refractivity contribution in [1.82, 2.24) is 0 Å². The molecule has 0 aliphatic heterocycles. The maximum Gasteiger partial charge on any atom is 0.329 e. The molecule has 0 saturated carbocycles. The van der Waals surface area contributed by atoms with Crippen LogP contribution in [0.3, 0.4) is 0 Å². The zero-order valence-electron chi connectivity index (χ0n) is 9.88. The molecule has 2 rings (SSSR count). The molecule has 6 heteroatoms. The Labute approximate surface area is 114 Å². The maximum absolute atomic E-state index is 11.0. The summed E-state index contributed by atoms with van der Waals surface area (Å²) in [6.07, 6.45) is 0. The summed E-state index contributed by atoms with van der Waals surface area (Å²) in [5.41, 5.74) is 6.16. The molecule has 2 N–H and O–H groups in total. The number of nitro groups is 1. The first-order valence-electron chi connectivity index (χ1n) is 5.51. The van der Waals surface area contributed by atoms with Crippen molar-refractivity contribution >= 4 is 17.3 Å². The van der Waals surface area contributed by atoms with Crippen molar-refractivity contribution in [2.24, 2.45) is 5.73 Å². The second-order valence-corrected chi connectivity index (χ2v) is 4.20. The number of nitrogens with two attached hydrogens (primary N) is 1. The normalized spacial score (nSPS) is 10.2. The van der Waals surface area contributed by atoms with Gasteiger partial charge >= 0.3 is 5.69 Å². The molecule has 5 nitrogen and oxygen atoms in total. The molecule has 0 aliphatic rings. The monoisotopic (exact) mass is 278 g/mol. The fraction of sp³-hybridized carbons (Fsp3) is 0.0769. The van der Waals surface area contributed by atoms with Crippen LogP contribution in [0, 0.1) is 10.1 Å². The summed E-state index contributed by atoms with van der Waals surface area (Å²) in [6.45, 7) is 0.370. The molecule has 98 valence electrons. The molecule has 0 fully saturated rings. The SMILES string of the molecule is NCc1cccc(Oc2cccc(Cl)c2[N+](=O)[O-])c1. The lowest BCUT2D eigenvalue weighted by Gasteiger charge is -2.08. The molecule has 2 aromatic carbocycles. The highest BCUT2D eigenvalue weighted by molar-refractivity contribution is 6.32. The number of halogens is 1. The third-order valence-electron chi connectivity index (χ3n) is 2.49. The first-order chi connectivity index (χ1) is 9.11. The Morgan fingerprint density at radius 3 is 2.68 bits per heavy atom. The summed E-state index contributed by atoms with van der Waals surface area (Å²) in [7, 11) is 0. The molecule has 0 bridgehead atoms.